The van der Waals surface area contributed by atoms with Crippen LogP contribution in [0.2, 0.25) is 0 Å². The molecule has 0 atom stereocenters. The predicted molar refractivity (Wildman–Crippen MR) is 110 cm³/mol. The minimum atomic E-state index is -0.985. The summed E-state index contributed by atoms with van der Waals surface area (Å²) in [6, 6.07) is 20.2. The molecule has 0 amide bonds. The zero-order chi connectivity index (χ0) is 19.3. The summed E-state index contributed by atoms with van der Waals surface area (Å²) < 4.78 is 0. The Balaban J connectivity index is 1.52. The van der Waals surface area contributed by atoms with Crippen LogP contribution in [-0.4, -0.2) is 34.1 Å². The number of carbonyl (C=O) groups is 1. The van der Waals surface area contributed by atoms with E-state index in [1.807, 2.05) is 36.4 Å². The molecule has 2 aromatic carbocycles. The first kappa shape index (κ1) is 18.2. The van der Waals surface area contributed by atoms with Crippen LogP contribution in [0.1, 0.15) is 28.8 Å². The Hall–Kier alpha value is -3.21. The van der Waals surface area contributed by atoms with Crippen LogP contribution < -0.4 is 4.90 Å². The molecule has 1 aliphatic rings. The number of benzene rings is 2. The van der Waals surface area contributed by atoms with Gasteiger partial charge < -0.3 is 10.0 Å². The van der Waals surface area contributed by atoms with Gasteiger partial charge in [-0.2, -0.15) is 0 Å². The molecule has 0 unspecified atom stereocenters. The molecule has 5 heteroatoms. The third-order valence-corrected chi connectivity index (χ3v) is 5.31. The van der Waals surface area contributed by atoms with Crippen molar-refractivity contribution < 1.29 is 9.90 Å². The van der Waals surface area contributed by atoms with E-state index in [0.717, 1.165) is 37.9 Å². The van der Waals surface area contributed by atoms with Gasteiger partial charge in [0, 0.05) is 24.8 Å². The third-order valence-electron chi connectivity index (χ3n) is 5.31. The lowest BCUT2D eigenvalue weighted by Crippen LogP contribution is -2.36. The fourth-order valence-corrected chi connectivity index (χ4v) is 3.79. The van der Waals surface area contributed by atoms with Gasteiger partial charge in [0.05, 0.1) is 0 Å². The van der Waals surface area contributed by atoms with Gasteiger partial charge in [-0.1, -0.05) is 60.7 Å². The molecule has 5 nitrogen and oxygen atoms in total. The molecule has 1 aliphatic heterocycles. The van der Waals surface area contributed by atoms with Crippen LogP contribution in [0, 0.1) is 5.92 Å². The molecule has 4 rings (SSSR count). The summed E-state index contributed by atoms with van der Waals surface area (Å²) in [6.07, 6.45) is 4.56. The van der Waals surface area contributed by atoms with E-state index >= 15 is 0 Å². The van der Waals surface area contributed by atoms with Crippen LogP contribution in [0.3, 0.4) is 0 Å². The van der Waals surface area contributed by atoms with Crippen LogP contribution in [0.15, 0.2) is 66.9 Å². The molecular weight excluding hydrogens is 350 g/mol. The Bertz CT molecular complexity index is 937. The number of rotatable bonds is 5. The zero-order valence-electron chi connectivity index (χ0n) is 15.7. The van der Waals surface area contributed by atoms with Crippen molar-refractivity contribution in [2.24, 2.45) is 5.92 Å². The number of carboxylic acid groups (broad SMARTS) is 1. The molecule has 0 spiro atoms. The summed E-state index contributed by atoms with van der Waals surface area (Å²) in [4.78, 5) is 22.7. The maximum absolute atomic E-state index is 11.7. The van der Waals surface area contributed by atoms with Gasteiger partial charge in [0.15, 0.2) is 5.82 Å². The van der Waals surface area contributed by atoms with E-state index in [0.29, 0.717) is 17.6 Å². The van der Waals surface area contributed by atoms with Crippen molar-refractivity contribution in [2.45, 2.75) is 19.3 Å². The van der Waals surface area contributed by atoms with Gasteiger partial charge in [-0.25, -0.2) is 14.8 Å². The molecule has 142 valence electrons. The van der Waals surface area contributed by atoms with Crippen LogP contribution >= 0.6 is 0 Å². The van der Waals surface area contributed by atoms with Crippen molar-refractivity contribution in [1.29, 1.82) is 0 Å². The summed E-state index contributed by atoms with van der Waals surface area (Å²) in [5.74, 6) is 0.718. The van der Waals surface area contributed by atoms with Crippen molar-refractivity contribution >= 4 is 11.8 Å². The largest absolute Gasteiger partial charge is 0.477 e. The Kier molecular flexibility index (Phi) is 5.33. The van der Waals surface area contributed by atoms with Crippen LogP contribution in [0.25, 0.3) is 11.4 Å². The predicted octanol–water partition coefficient (Wildman–Crippen LogP) is 4.30. The van der Waals surface area contributed by atoms with Crippen molar-refractivity contribution in [3.05, 3.63) is 78.0 Å². The lowest BCUT2D eigenvalue weighted by Gasteiger charge is -2.33. The summed E-state index contributed by atoms with van der Waals surface area (Å²) in [5, 5.41) is 9.60. The summed E-state index contributed by atoms with van der Waals surface area (Å²) >= 11 is 0. The van der Waals surface area contributed by atoms with Gasteiger partial charge in [0.25, 0.3) is 0 Å². The SMILES string of the molecule is O=C(O)c1cnc(-c2ccccc2)nc1N1CCC(Cc2ccccc2)CC1. The van der Waals surface area contributed by atoms with E-state index in [9.17, 15) is 9.90 Å². The number of hydrogen-bond donors (Lipinski definition) is 1. The number of carboxylic acids is 1. The Morgan fingerprint density at radius 3 is 2.29 bits per heavy atom. The number of nitrogens with zero attached hydrogens (tertiary/aromatic N) is 3. The first-order chi connectivity index (χ1) is 13.7. The molecule has 1 saturated heterocycles. The fourth-order valence-electron chi connectivity index (χ4n) is 3.79. The van der Waals surface area contributed by atoms with Gasteiger partial charge >= 0.3 is 5.97 Å². The summed E-state index contributed by atoms with van der Waals surface area (Å²) in [6.45, 7) is 1.62. The molecule has 2 heterocycles. The number of anilines is 1. The van der Waals surface area contributed by atoms with Gasteiger partial charge in [0.1, 0.15) is 11.4 Å². The average Bonchev–Trinajstić information content (AvgIpc) is 2.75. The molecule has 0 radical (unpaired) electrons. The second-order valence-corrected chi connectivity index (χ2v) is 7.22. The van der Waals surface area contributed by atoms with E-state index in [-0.39, 0.29) is 5.56 Å². The summed E-state index contributed by atoms with van der Waals surface area (Å²) in [5.41, 5.74) is 2.42. The first-order valence-corrected chi connectivity index (χ1v) is 9.65. The smallest absolute Gasteiger partial charge is 0.341 e. The molecular formula is C23H23N3O2. The summed E-state index contributed by atoms with van der Waals surface area (Å²) in [7, 11) is 0. The van der Waals surface area contributed by atoms with Crippen molar-refractivity contribution in [2.75, 3.05) is 18.0 Å². The van der Waals surface area contributed by atoms with Crippen molar-refractivity contribution in [1.82, 2.24) is 9.97 Å². The molecule has 1 aromatic heterocycles. The van der Waals surface area contributed by atoms with E-state index < -0.39 is 5.97 Å². The van der Waals surface area contributed by atoms with E-state index in [1.54, 1.807) is 0 Å². The minimum Gasteiger partial charge on any atom is -0.477 e. The molecule has 1 N–H and O–H groups in total. The number of piperidine rings is 1. The first-order valence-electron chi connectivity index (χ1n) is 9.65. The quantitative estimate of drug-likeness (QED) is 0.722. The molecule has 0 saturated carbocycles. The lowest BCUT2D eigenvalue weighted by atomic mass is 9.90. The fraction of sp³-hybridized carbons (Fsp3) is 0.261. The second-order valence-electron chi connectivity index (χ2n) is 7.22. The molecule has 0 aliphatic carbocycles. The van der Waals surface area contributed by atoms with Crippen molar-refractivity contribution in [3.63, 3.8) is 0 Å². The van der Waals surface area contributed by atoms with Crippen LogP contribution in [0.5, 0.6) is 0 Å². The highest BCUT2D eigenvalue weighted by Gasteiger charge is 2.25. The molecule has 3 aromatic rings. The molecule has 0 bridgehead atoms. The number of hydrogen-bond acceptors (Lipinski definition) is 4. The highest BCUT2D eigenvalue weighted by molar-refractivity contribution is 5.93. The van der Waals surface area contributed by atoms with Gasteiger partial charge in [-0.3, -0.25) is 0 Å². The normalized spacial score (nSPS) is 14.8. The molecule has 1 fully saturated rings. The van der Waals surface area contributed by atoms with Gasteiger partial charge in [-0.05, 0) is 30.7 Å². The van der Waals surface area contributed by atoms with E-state index in [2.05, 4.69) is 39.1 Å². The van der Waals surface area contributed by atoms with Crippen molar-refractivity contribution in [3.8, 4) is 11.4 Å². The topological polar surface area (TPSA) is 66.3 Å². The highest BCUT2D eigenvalue weighted by atomic mass is 16.4. The van der Waals surface area contributed by atoms with Gasteiger partial charge in [-0.15, -0.1) is 0 Å². The Labute approximate surface area is 164 Å². The zero-order valence-corrected chi connectivity index (χ0v) is 15.7. The molecule has 28 heavy (non-hydrogen) atoms. The third kappa shape index (κ3) is 4.03. The Morgan fingerprint density at radius 2 is 1.64 bits per heavy atom. The maximum Gasteiger partial charge on any atom is 0.341 e. The standard InChI is InChI=1S/C23H23N3O2/c27-23(28)20-16-24-21(19-9-5-2-6-10-19)25-22(20)26-13-11-18(12-14-26)15-17-7-3-1-4-8-17/h1-10,16,18H,11-15H2,(H,27,28). The monoisotopic (exact) mass is 373 g/mol. The Morgan fingerprint density at radius 1 is 1.00 bits per heavy atom. The minimum absolute atomic E-state index is 0.168. The second kappa shape index (κ2) is 8.21. The number of aromatic nitrogens is 2. The van der Waals surface area contributed by atoms with E-state index in [1.165, 1.54) is 11.8 Å². The lowest BCUT2D eigenvalue weighted by molar-refractivity contribution is 0.0696. The van der Waals surface area contributed by atoms with E-state index in [4.69, 9.17) is 0 Å². The van der Waals surface area contributed by atoms with Gasteiger partial charge in [0.2, 0.25) is 0 Å². The van der Waals surface area contributed by atoms with Crippen LogP contribution in [0.4, 0.5) is 5.82 Å². The number of aromatic carboxylic acids is 1. The van der Waals surface area contributed by atoms with Crippen LogP contribution in [-0.2, 0) is 6.42 Å². The maximum atomic E-state index is 11.7. The average molecular weight is 373 g/mol. The highest BCUT2D eigenvalue weighted by Crippen LogP contribution is 2.28.